The van der Waals surface area contributed by atoms with Gasteiger partial charge in [-0.3, -0.25) is 0 Å². The normalized spacial score (nSPS) is 10.6. The molecule has 1 aromatic rings. The molecule has 0 bridgehead atoms. The van der Waals surface area contributed by atoms with Gasteiger partial charge in [0.05, 0.1) is 13.2 Å². The monoisotopic (exact) mass is 281 g/mol. The Kier molecular flexibility index (Phi) is 8.83. The Hall–Kier alpha value is -1.26. The molecule has 0 spiro atoms. The van der Waals surface area contributed by atoms with Crippen LogP contribution in [-0.4, -0.2) is 32.0 Å². The third kappa shape index (κ3) is 5.80. The third-order valence-corrected chi connectivity index (χ3v) is 3.03. The quantitative estimate of drug-likeness (QED) is 0.612. The van der Waals surface area contributed by atoms with E-state index in [0.717, 1.165) is 49.3 Å². The van der Waals surface area contributed by atoms with E-state index in [4.69, 9.17) is 14.6 Å². The van der Waals surface area contributed by atoms with Gasteiger partial charge in [-0.2, -0.15) is 0 Å². The van der Waals surface area contributed by atoms with Gasteiger partial charge < -0.3 is 19.9 Å². The predicted molar refractivity (Wildman–Crippen MR) is 81.4 cm³/mol. The first kappa shape index (κ1) is 16.8. The van der Waals surface area contributed by atoms with E-state index >= 15 is 0 Å². The summed E-state index contributed by atoms with van der Waals surface area (Å²) in [4.78, 5) is 0. The number of hydrogen-bond donors (Lipinski definition) is 2. The molecule has 0 atom stereocenters. The second-order valence-electron chi connectivity index (χ2n) is 4.69. The molecule has 1 aromatic carbocycles. The van der Waals surface area contributed by atoms with E-state index in [2.05, 4.69) is 11.4 Å². The summed E-state index contributed by atoms with van der Waals surface area (Å²) in [6.45, 7) is 4.34. The van der Waals surface area contributed by atoms with Crippen LogP contribution in [0, 0.1) is 0 Å². The van der Waals surface area contributed by atoms with Gasteiger partial charge in [0, 0.05) is 18.7 Å². The number of unbranched alkanes of at least 4 members (excludes halogenated alkanes) is 3. The van der Waals surface area contributed by atoms with Crippen molar-refractivity contribution in [3.05, 3.63) is 23.8 Å². The van der Waals surface area contributed by atoms with Crippen molar-refractivity contribution in [2.24, 2.45) is 0 Å². The Balaban J connectivity index is 2.55. The molecule has 0 heterocycles. The zero-order valence-corrected chi connectivity index (χ0v) is 12.7. The number of para-hydroxylation sites is 1. The highest BCUT2D eigenvalue weighted by Crippen LogP contribution is 2.31. The lowest BCUT2D eigenvalue weighted by molar-refractivity contribution is 0.260. The van der Waals surface area contributed by atoms with Crippen LogP contribution < -0.4 is 14.8 Å². The number of rotatable bonds is 11. The van der Waals surface area contributed by atoms with Crippen molar-refractivity contribution in [1.82, 2.24) is 5.32 Å². The SMILES string of the molecule is CCOc1cccc(CNC)c1OCCCCCCO. The van der Waals surface area contributed by atoms with Crippen LogP contribution in [0.3, 0.4) is 0 Å². The lowest BCUT2D eigenvalue weighted by Crippen LogP contribution is -2.09. The number of hydrogen-bond acceptors (Lipinski definition) is 4. The molecular formula is C16H27NO3. The third-order valence-electron chi connectivity index (χ3n) is 3.03. The molecule has 4 heteroatoms. The minimum absolute atomic E-state index is 0.278. The molecular weight excluding hydrogens is 254 g/mol. The van der Waals surface area contributed by atoms with Gasteiger partial charge in [-0.15, -0.1) is 0 Å². The summed E-state index contributed by atoms with van der Waals surface area (Å²) in [5.74, 6) is 1.67. The van der Waals surface area contributed by atoms with Crippen molar-refractivity contribution in [2.45, 2.75) is 39.2 Å². The van der Waals surface area contributed by atoms with Crippen LogP contribution in [0.15, 0.2) is 18.2 Å². The van der Waals surface area contributed by atoms with Gasteiger partial charge in [0.15, 0.2) is 11.5 Å². The minimum Gasteiger partial charge on any atom is -0.490 e. The van der Waals surface area contributed by atoms with Gasteiger partial charge >= 0.3 is 0 Å². The molecule has 1 rings (SSSR count). The molecule has 0 amide bonds. The first-order valence-electron chi connectivity index (χ1n) is 7.46. The van der Waals surface area contributed by atoms with Gasteiger partial charge in [-0.1, -0.05) is 18.6 Å². The fraction of sp³-hybridized carbons (Fsp3) is 0.625. The summed E-state index contributed by atoms with van der Waals surface area (Å²) in [5, 5.41) is 11.9. The summed E-state index contributed by atoms with van der Waals surface area (Å²) in [5.41, 5.74) is 1.12. The van der Waals surface area contributed by atoms with E-state index in [0.29, 0.717) is 13.2 Å². The number of aliphatic hydroxyl groups excluding tert-OH is 1. The van der Waals surface area contributed by atoms with Crippen LogP contribution in [0.25, 0.3) is 0 Å². The van der Waals surface area contributed by atoms with Crippen molar-refractivity contribution in [1.29, 1.82) is 0 Å². The maximum atomic E-state index is 8.74. The summed E-state index contributed by atoms with van der Waals surface area (Å²) in [6, 6.07) is 6.00. The van der Waals surface area contributed by atoms with Crippen LogP contribution in [0.4, 0.5) is 0 Å². The standard InChI is InChI=1S/C16H27NO3/c1-3-19-15-10-8-9-14(13-17-2)16(15)20-12-7-5-4-6-11-18/h8-10,17-18H,3-7,11-13H2,1-2H3. The van der Waals surface area contributed by atoms with Gasteiger partial charge in [0.25, 0.3) is 0 Å². The number of benzene rings is 1. The number of nitrogens with one attached hydrogen (secondary N) is 1. The molecule has 4 nitrogen and oxygen atoms in total. The van der Waals surface area contributed by atoms with E-state index in [1.807, 2.05) is 26.1 Å². The molecule has 20 heavy (non-hydrogen) atoms. The summed E-state index contributed by atoms with van der Waals surface area (Å²) < 4.78 is 11.6. The Morgan fingerprint density at radius 3 is 2.60 bits per heavy atom. The summed E-state index contributed by atoms with van der Waals surface area (Å²) in [7, 11) is 1.92. The predicted octanol–water partition coefficient (Wildman–Crippen LogP) is 2.74. The topological polar surface area (TPSA) is 50.7 Å². The Bertz CT molecular complexity index is 344. The van der Waals surface area contributed by atoms with E-state index < -0.39 is 0 Å². The second kappa shape index (κ2) is 10.5. The average Bonchev–Trinajstić information content (AvgIpc) is 2.45. The molecule has 0 unspecified atom stereocenters. The number of ether oxygens (including phenoxy) is 2. The first-order valence-corrected chi connectivity index (χ1v) is 7.46. The second-order valence-corrected chi connectivity index (χ2v) is 4.69. The summed E-state index contributed by atoms with van der Waals surface area (Å²) >= 11 is 0. The molecule has 0 saturated carbocycles. The van der Waals surface area contributed by atoms with Crippen LogP contribution in [0.2, 0.25) is 0 Å². The summed E-state index contributed by atoms with van der Waals surface area (Å²) in [6.07, 6.45) is 4.01. The Morgan fingerprint density at radius 1 is 1.10 bits per heavy atom. The molecule has 0 saturated heterocycles. The van der Waals surface area contributed by atoms with Crippen LogP contribution in [0.5, 0.6) is 11.5 Å². The van der Waals surface area contributed by atoms with Crippen molar-refractivity contribution >= 4 is 0 Å². The smallest absolute Gasteiger partial charge is 0.165 e. The lowest BCUT2D eigenvalue weighted by atomic mass is 10.1. The highest BCUT2D eigenvalue weighted by atomic mass is 16.5. The van der Waals surface area contributed by atoms with Crippen LogP contribution in [0.1, 0.15) is 38.2 Å². The number of aliphatic hydroxyl groups is 1. The van der Waals surface area contributed by atoms with Crippen molar-refractivity contribution in [3.63, 3.8) is 0 Å². The molecule has 0 aliphatic rings. The zero-order chi connectivity index (χ0) is 14.6. The molecule has 2 N–H and O–H groups in total. The molecule has 0 aromatic heterocycles. The fourth-order valence-corrected chi connectivity index (χ4v) is 2.07. The zero-order valence-electron chi connectivity index (χ0n) is 12.7. The largest absolute Gasteiger partial charge is 0.490 e. The first-order chi connectivity index (χ1) is 9.83. The van der Waals surface area contributed by atoms with Crippen LogP contribution >= 0.6 is 0 Å². The van der Waals surface area contributed by atoms with Crippen molar-refractivity contribution < 1.29 is 14.6 Å². The van der Waals surface area contributed by atoms with Gasteiger partial charge in [0.1, 0.15) is 0 Å². The van der Waals surface area contributed by atoms with E-state index in [9.17, 15) is 0 Å². The van der Waals surface area contributed by atoms with E-state index in [1.54, 1.807) is 0 Å². The van der Waals surface area contributed by atoms with Gasteiger partial charge in [-0.25, -0.2) is 0 Å². The highest BCUT2D eigenvalue weighted by molar-refractivity contribution is 5.46. The van der Waals surface area contributed by atoms with Crippen molar-refractivity contribution in [2.75, 3.05) is 26.9 Å². The average molecular weight is 281 g/mol. The minimum atomic E-state index is 0.278. The molecule has 0 radical (unpaired) electrons. The Labute approximate surface area is 122 Å². The highest BCUT2D eigenvalue weighted by Gasteiger charge is 2.10. The van der Waals surface area contributed by atoms with Gasteiger partial charge in [-0.05, 0) is 39.3 Å². The van der Waals surface area contributed by atoms with E-state index in [1.165, 1.54) is 0 Å². The van der Waals surface area contributed by atoms with E-state index in [-0.39, 0.29) is 6.61 Å². The Morgan fingerprint density at radius 2 is 1.90 bits per heavy atom. The molecule has 0 fully saturated rings. The van der Waals surface area contributed by atoms with Crippen molar-refractivity contribution in [3.8, 4) is 11.5 Å². The maximum absolute atomic E-state index is 8.74. The maximum Gasteiger partial charge on any atom is 0.165 e. The lowest BCUT2D eigenvalue weighted by Gasteiger charge is -2.15. The molecule has 0 aliphatic heterocycles. The molecule has 0 aliphatic carbocycles. The fourth-order valence-electron chi connectivity index (χ4n) is 2.07. The van der Waals surface area contributed by atoms with Crippen LogP contribution in [-0.2, 0) is 6.54 Å². The molecule has 114 valence electrons. The van der Waals surface area contributed by atoms with Gasteiger partial charge in [0.2, 0.25) is 0 Å².